The molecule has 7 heteroatoms. The van der Waals surface area contributed by atoms with Gasteiger partial charge in [0.1, 0.15) is 5.02 Å². The summed E-state index contributed by atoms with van der Waals surface area (Å²) in [5.41, 5.74) is -0.0596. The van der Waals surface area contributed by atoms with Crippen LogP contribution in [0.5, 0.6) is 0 Å². The zero-order valence-corrected chi connectivity index (χ0v) is 8.17. The van der Waals surface area contributed by atoms with E-state index in [1.165, 1.54) is 12.1 Å². The van der Waals surface area contributed by atoms with Crippen LogP contribution in [0.25, 0.3) is 0 Å². The third-order valence-electron chi connectivity index (χ3n) is 1.39. The monoisotopic (exact) mass is 234 g/mol. The molecule has 0 aliphatic rings. The lowest BCUT2D eigenvalue weighted by Crippen LogP contribution is -2.01. The van der Waals surface area contributed by atoms with Gasteiger partial charge in [-0.3, -0.25) is 14.9 Å². The Morgan fingerprint density at radius 1 is 1.50 bits per heavy atom. The van der Waals surface area contributed by atoms with Crippen molar-refractivity contribution in [1.29, 1.82) is 0 Å². The van der Waals surface area contributed by atoms with E-state index in [-0.39, 0.29) is 16.4 Å². The zero-order chi connectivity index (χ0) is 10.7. The van der Waals surface area contributed by atoms with Gasteiger partial charge in [-0.1, -0.05) is 11.6 Å². The predicted molar refractivity (Wildman–Crippen MR) is 53.0 cm³/mol. The molecule has 0 saturated carbocycles. The topological polar surface area (TPSA) is 72.2 Å². The SMILES string of the molecule is O=C(Cl)Nc1ccc(Cl)c([N+](=O)[O-])c1. The minimum atomic E-state index is -0.818. The van der Waals surface area contributed by atoms with Crippen LogP contribution in [0.2, 0.25) is 5.02 Å². The maximum atomic E-state index is 10.4. The molecule has 0 aliphatic heterocycles. The first-order valence-corrected chi connectivity index (χ1v) is 4.16. The fourth-order valence-corrected chi connectivity index (χ4v) is 1.14. The molecule has 0 atom stereocenters. The van der Waals surface area contributed by atoms with Crippen LogP contribution >= 0.6 is 23.2 Å². The van der Waals surface area contributed by atoms with E-state index in [1.807, 2.05) is 0 Å². The van der Waals surface area contributed by atoms with Crippen molar-refractivity contribution in [3.63, 3.8) is 0 Å². The van der Waals surface area contributed by atoms with E-state index in [0.29, 0.717) is 0 Å². The highest BCUT2D eigenvalue weighted by Crippen LogP contribution is 2.27. The number of nitro benzene ring substituents is 1. The van der Waals surface area contributed by atoms with E-state index >= 15 is 0 Å². The Balaban J connectivity index is 3.06. The minimum Gasteiger partial charge on any atom is -0.312 e. The summed E-state index contributed by atoms with van der Waals surface area (Å²) in [5, 5.41) is 11.8. The number of nitro groups is 1. The summed E-state index contributed by atoms with van der Waals surface area (Å²) < 4.78 is 0. The smallest absolute Gasteiger partial charge is 0.312 e. The molecule has 1 N–H and O–H groups in total. The van der Waals surface area contributed by atoms with E-state index in [0.717, 1.165) is 6.07 Å². The predicted octanol–water partition coefficient (Wildman–Crippen LogP) is 3.02. The Labute approximate surface area is 88.8 Å². The Kier molecular flexibility index (Phi) is 3.27. The van der Waals surface area contributed by atoms with Crippen LogP contribution in [0.15, 0.2) is 18.2 Å². The van der Waals surface area contributed by atoms with Crippen molar-refractivity contribution in [2.45, 2.75) is 0 Å². The number of carbonyl (C=O) groups excluding carboxylic acids is 1. The van der Waals surface area contributed by atoms with Gasteiger partial charge in [-0.2, -0.15) is 0 Å². The third kappa shape index (κ3) is 2.58. The average Bonchev–Trinajstić information content (AvgIpc) is 2.07. The molecule has 0 heterocycles. The van der Waals surface area contributed by atoms with E-state index in [4.69, 9.17) is 23.2 Å². The van der Waals surface area contributed by atoms with Crippen LogP contribution in [0.4, 0.5) is 16.2 Å². The number of halogens is 2. The molecule has 1 amide bonds. The number of amides is 1. The molecule has 5 nitrogen and oxygen atoms in total. The molecular formula is C7H4Cl2N2O3. The molecule has 1 aromatic rings. The molecule has 0 aliphatic carbocycles. The third-order valence-corrected chi connectivity index (χ3v) is 1.80. The van der Waals surface area contributed by atoms with Crippen LogP contribution in [-0.2, 0) is 0 Å². The summed E-state index contributed by atoms with van der Waals surface area (Å²) in [4.78, 5) is 20.2. The highest BCUT2D eigenvalue weighted by atomic mass is 35.5. The summed E-state index contributed by atoms with van der Waals surface area (Å²) >= 11 is 10.6. The second-order valence-electron chi connectivity index (χ2n) is 2.32. The Morgan fingerprint density at radius 2 is 2.14 bits per heavy atom. The van der Waals surface area contributed by atoms with Gasteiger partial charge in [-0.05, 0) is 23.7 Å². The summed E-state index contributed by atoms with van der Waals surface area (Å²) in [6.07, 6.45) is 0. The zero-order valence-electron chi connectivity index (χ0n) is 6.66. The van der Waals surface area contributed by atoms with Gasteiger partial charge >= 0.3 is 5.37 Å². The van der Waals surface area contributed by atoms with Gasteiger partial charge in [0, 0.05) is 11.8 Å². The molecule has 14 heavy (non-hydrogen) atoms. The van der Waals surface area contributed by atoms with Gasteiger partial charge < -0.3 is 5.32 Å². The lowest BCUT2D eigenvalue weighted by molar-refractivity contribution is -0.384. The first-order valence-electron chi connectivity index (χ1n) is 3.41. The fourth-order valence-electron chi connectivity index (χ4n) is 0.844. The average molecular weight is 235 g/mol. The number of rotatable bonds is 2. The quantitative estimate of drug-likeness (QED) is 0.370. The van der Waals surface area contributed by atoms with Crippen LogP contribution in [-0.4, -0.2) is 10.3 Å². The summed E-state index contributed by atoms with van der Waals surface area (Å²) in [5.74, 6) is 0. The number of hydrogen-bond donors (Lipinski definition) is 1. The Bertz CT molecular complexity index is 395. The van der Waals surface area contributed by atoms with Crippen molar-refractivity contribution in [3.05, 3.63) is 33.3 Å². The number of anilines is 1. The molecule has 0 radical (unpaired) electrons. The first kappa shape index (κ1) is 10.7. The molecule has 1 rings (SSSR count). The summed E-state index contributed by atoms with van der Waals surface area (Å²) in [6.45, 7) is 0. The minimum absolute atomic E-state index is 0.00238. The second-order valence-corrected chi connectivity index (χ2v) is 3.07. The van der Waals surface area contributed by atoms with Gasteiger partial charge in [-0.15, -0.1) is 0 Å². The van der Waals surface area contributed by atoms with Crippen molar-refractivity contribution in [3.8, 4) is 0 Å². The van der Waals surface area contributed by atoms with E-state index < -0.39 is 10.3 Å². The lowest BCUT2D eigenvalue weighted by Gasteiger charge is -2.00. The lowest BCUT2D eigenvalue weighted by atomic mass is 10.3. The van der Waals surface area contributed by atoms with Crippen molar-refractivity contribution in [2.75, 3.05) is 5.32 Å². The van der Waals surface area contributed by atoms with Gasteiger partial charge in [0.25, 0.3) is 5.69 Å². The largest absolute Gasteiger partial charge is 0.318 e. The standard InChI is InChI=1S/C7H4Cl2N2O3/c8-5-2-1-4(10-7(9)12)3-6(5)11(13)14/h1-3H,(H,10,12). The molecule has 0 spiro atoms. The van der Waals surface area contributed by atoms with E-state index in [9.17, 15) is 14.9 Å². The van der Waals surface area contributed by atoms with Gasteiger partial charge in [0.05, 0.1) is 4.92 Å². The number of carbonyl (C=O) groups is 1. The molecule has 0 unspecified atom stereocenters. The highest BCUT2D eigenvalue weighted by molar-refractivity contribution is 6.65. The molecule has 1 aromatic carbocycles. The van der Waals surface area contributed by atoms with Gasteiger partial charge in [0.2, 0.25) is 0 Å². The van der Waals surface area contributed by atoms with E-state index in [2.05, 4.69) is 5.32 Å². The van der Waals surface area contributed by atoms with Crippen LogP contribution < -0.4 is 5.32 Å². The van der Waals surface area contributed by atoms with Crippen molar-refractivity contribution >= 4 is 39.9 Å². The Hall–Kier alpha value is -1.33. The van der Waals surface area contributed by atoms with Crippen molar-refractivity contribution in [2.24, 2.45) is 0 Å². The molecule has 74 valence electrons. The maximum Gasteiger partial charge on any atom is 0.318 e. The molecule has 0 bridgehead atoms. The maximum absolute atomic E-state index is 10.4. The van der Waals surface area contributed by atoms with Crippen molar-refractivity contribution in [1.82, 2.24) is 0 Å². The molecule has 0 fully saturated rings. The number of nitrogens with zero attached hydrogens (tertiary/aromatic N) is 1. The van der Waals surface area contributed by atoms with Crippen molar-refractivity contribution < 1.29 is 9.72 Å². The first-order chi connectivity index (χ1) is 6.50. The summed E-state index contributed by atoms with van der Waals surface area (Å²) in [7, 11) is 0. The number of nitrogens with one attached hydrogen (secondary N) is 1. The van der Waals surface area contributed by atoms with E-state index in [1.54, 1.807) is 0 Å². The van der Waals surface area contributed by atoms with Crippen LogP contribution in [0.1, 0.15) is 0 Å². The van der Waals surface area contributed by atoms with Gasteiger partial charge in [0.15, 0.2) is 0 Å². The molecule has 0 saturated heterocycles. The van der Waals surface area contributed by atoms with Gasteiger partial charge in [-0.25, -0.2) is 0 Å². The second kappa shape index (κ2) is 4.26. The molecular weight excluding hydrogens is 231 g/mol. The Morgan fingerprint density at radius 3 is 2.64 bits per heavy atom. The normalized spacial score (nSPS) is 9.57. The fraction of sp³-hybridized carbons (Fsp3) is 0. The summed E-state index contributed by atoms with van der Waals surface area (Å²) in [6, 6.07) is 3.85. The van der Waals surface area contributed by atoms with Crippen LogP contribution in [0.3, 0.4) is 0 Å². The number of benzene rings is 1. The van der Waals surface area contributed by atoms with Crippen LogP contribution in [0, 0.1) is 10.1 Å². The highest BCUT2D eigenvalue weighted by Gasteiger charge is 2.13. The number of hydrogen-bond acceptors (Lipinski definition) is 3. The molecule has 0 aromatic heterocycles.